The largest absolute Gasteiger partial charge is 0.329 e. The molecule has 0 aromatic rings. The van der Waals surface area contributed by atoms with E-state index in [9.17, 15) is 8.78 Å². The van der Waals surface area contributed by atoms with Gasteiger partial charge in [0.25, 0.3) is 6.43 Å². The van der Waals surface area contributed by atoms with E-state index in [4.69, 9.17) is 5.73 Å². The SMILES string of the molecule is NCCN(CC(F)F)C1CCCC1. The number of hydrogen-bond donors (Lipinski definition) is 1. The lowest BCUT2D eigenvalue weighted by molar-refractivity contribution is 0.0684. The summed E-state index contributed by atoms with van der Waals surface area (Å²) in [7, 11) is 0. The Morgan fingerprint density at radius 3 is 2.38 bits per heavy atom. The fourth-order valence-electron chi connectivity index (χ4n) is 2.04. The predicted octanol–water partition coefficient (Wildman–Crippen LogP) is 1.45. The number of hydrogen-bond acceptors (Lipinski definition) is 2. The molecule has 1 saturated carbocycles. The van der Waals surface area contributed by atoms with Gasteiger partial charge in [-0.2, -0.15) is 0 Å². The van der Waals surface area contributed by atoms with Crippen LogP contribution in [-0.2, 0) is 0 Å². The Hall–Kier alpha value is -0.220. The molecule has 4 heteroatoms. The molecular formula is C9H18F2N2. The Kier molecular flexibility index (Phi) is 4.59. The summed E-state index contributed by atoms with van der Waals surface area (Å²) in [5.74, 6) is 0. The van der Waals surface area contributed by atoms with Crippen LogP contribution in [0, 0.1) is 0 Å². The molecule has 1 rings (SSSR count). The molecule has 0 saturated heterocycles. The third-order valence-electron chi connectivity index (χ3n) is 2.63. The van der Waals surface area contributed by atoms with Gasteiger partial charge in [-0.3, -0.25) is 4.90 Å². The van der Waals surface area contributed by atoms with Gasteiger partial charge < -0.3 is 5.73 Å². The minimum Gasteiger partial charge on any atom is -0.329 e. The van der Waals surface area contributed by atoms with Crippen LogP contribution in [0.5, 0.6) is 0 Å². The normalized spacial score (nSPS) is 19.2. The second kappa shape index (κ2) is 5.50. The third-order valence-corrected chi connectivity index (χ3v) is 2.63. The Morgan fingerprint density at radius 1 is 1.31 bits per heavy atom. The maximum atomic E-state index is 12.2. The zero-order valence-corrected chi connectivity index (χ0v) is 7.88. The molecule has 0 bridgehead atoms. The summed E-state index contributed by atoms with van der Waals surface area (Å²) in [4.78, 5) is 1.84. The van der Waals surface area contributed by atoms with Crippen LogP contribution in [0.1, 0.15) is 25.7 Å². The summed E-state index contributed by atoms with van der Waals surface area (Å²) < 4.78 is 24.4. The van der Waals surface area contributed by atoms with Crippen molar-refractivity contribution in [3.05, 3.63) is 0 Å². The first-order chi connectivity index (χ1) is 6.24. The summed E-state index contributed by atoms with van der Waals surface area (Å²) in [6, 6.07) is 0.359. The lowest BCUT2D eigenvalue weighted by atomic mass is 10.2. The predicted molar refractivity (Wildman–Crippen MR) is 48.9 cm³/mol. The van der Waals surface area contributed by atoms with Gasteiger partial charge in [-0.05, 0) is 12.8 Å². The van der Waals surface area contributed by atoms with Gasteiger partial charge in [-0.1, -0.05) is 12.8 Å². The summed E-state index contributed by atoms with van der Waals surface area (Å²) in [6.45, 7) is 0.972. The molecule has 1 fully saturated rings. The van der Waals surface area contributed by atoms with Crippen molar-refractivity contribution >= 4 is 0 Å². The highest BCUT2D eigenvalue weighted by atomic mass is 19.3. The summed E-state index contributed by atoms with van der Waals surface area (Å²) in [5, 5.41) is 0. The Morgan fingerprint density at radius 2 is 1.92 bits per heavy atom. The highest BCUT2D eigenvalue weighted by molar-refractivity contribution is 4.77. The fourth-order valence-corrected chi connectivity index (χ4v) is 2.04. The molecular weight excluding hydrogens is 174 g/mol. The van der Waals surface area contributed by atoms with Gasteiger partial charge in [0.2, 0.25) is 0 Å². The topological polar surface area (TPSA) is 29.3 Å². The van der Waals surface area contributed by atoms with Crippen LogP contribution in [0.2, 0.25) is 0 Å². The van der Waals surface area contributed by atoms with E-state index in [1.165, 1.54) is 12.8 Å². The van der Waals surface area contributed by atoms with Gasteiger partial charge in [-0.25, -0.2) is 8.78 Å². The van der Waals surface area contributed by atoms with Gasteiger partial charge in [0, 0.05) is 19.1 Å². The van der Waals surface area contributed by atoms with Crippen LogP contribution in [0.4, 0.5) is 8.78 Å². The maximum Gasteiger partial charge on any atom is 0.251 e. The summed E-state index contributed by atoms with van der Waals surface area (Å²) in [6.07, 6.45) is 2.25. The highest BCUT2D eigenvalue weighted by Crippen LogP contribution is 2.23. The lowest BCUT2D eigenvalue weighted by Crippen LogP contribution is -2.40. The van der Waals surface area contributed by atoms with E-state index in [0.717, 1.165) is 12.8 Å². The van der Waals surface area contributed by atoms with Crippen LogP contribution < -0.4 is 5.73 Å². The molecule has 0 heterocycles. The smallest absolute Gasteiger partial charge is 0.251 e. The van der Waals surface area contributed by atoms with E-state index in [1.54, 1.807) is 0 Å². The first-order valence-corrected chi connectivity index (χ1v) is 4.96. The Labute approximate surface area is 78.1 Å². The van der Waals surface area contributed by atoms with Crippen molar-refractivity contribution in [2.24, 2.45) is 5.73 Å². The van der Waals surface area contributed by atoms with Crippen LogP contribution >= 0.6 is 0 Å². The second-order valence-corrected chi connectivity index (χ2v) is 3.61. The van der Waals surface area contributed by atoms with Crippen LogP contribution in [-0.4, -0.2) is 37.0 Å². The van der Waals surface area contributed by atoms with Crippen molar-refractivity contribution in [3.8, 4) is 0 Å². The molecule has 0 aromatic carbocycles. The van der Waals surface area contributed by atoms with Crippen LogP contribution in [0.25, 0.3) is 0 Å². The number of halogens is 2. The Balaban J connectivity index is 2.35. The summed E-state index contributed by atoms with van der Waals surface area (Å²) >= 11 is 0. The number of nitrogens with zero attached hydrogens (tertiary/aromatic N) is 1. The van der Waals surface area contributed by atoms with Gasteiger partial charge in [0.1, 0.15) is 0 Å². The molecule has 0 radical (unpaired) electrons. The molecule has 0 unspecified atom stereocenters. The van der Waals surface area contributed by atoms with E-state index in [2.05, 4.69) is 0 Å². The molecule has 13 heavy (non-hydrogen) atoms. The average molecular weight is 192 g/mol. The standard InChI is InChI=1S/C9H18F2N2/c10-9(11)7-13(6-5-12)8-3-1-2-4-8/h8-9H,1-7,12H2. The Bertz CT molecular complexity index is 136. The first-order valence-electron chi connectivity index (χ1n) is 4.96. The molecule has 0 atom stereocenters. The van der Waals surface area contributed by atoms with E-state index in [-0.39, 0.29) is 6.54 Å². The number of alkyl halides is 2. The van der Waals surface area contributed by atoms with Crippen molar-refractivity contribution in [2.45, 2.75) is 38.2 Å². The van der Waals surface area contributed by atoms with Crippen molar-refractivity contribution < 1.29 is 8.78 Å². The minimum atomic E-state index is -2.23. The van der Waals surface area contributed by atoms with Crippen LogP contribution in [0.15, 0.2) is 0 Å². The molecule has 0 amide bonds. The molecule has 78 valence electrons. The zero-order chi connectivity index (χ0) is 9.68. The zero-order valence-electron chi connectivity index (χ0n) is 7.88. The van der Waals surface area contributed by atoms with E-state index >= 15 is 0 Å². The summed E-state index contributed by atoms with van der Waals surface area (Å²) in [5.41, 5.74) is 5.39. The van der Waals surface area contributed by atoms with E-state index in [0.29, 0.717) is 19.1 Å². The molecule has 0 aromatic heterocycles. The first kappa shape index (κ1) is 10.9. The van der Waals surface area contributed by atoms with E-state index < -0.39 is 6.43 Å². The van der Waals surface area contributed by atoms with Gasteiger partial charge in [-0.15, -0.1) is 0 Å². The molecule has 2 nitrogen and oxygen atoms in total. The molecule has 1 aliphatic rings. The minimum absolute atomic E-state index is 0.109. The van der Waals surface area contributed by atoms with Crippen LogP contribution in [0.3, 0.4) is 0 Å². The van der Waals surface area contributed by atoms with Gasteiger partial charge in [0.05, 0.1) is 6.54 Å². The van der Waals surface area contributed by atoms with Gasteiger partial charge >= 0.3 is 0 Å². The lowest BCUT2D eigenvalue weighted by Gasteiger charge is -2.27. The number of rotatable bonds is 5. The monoisotopic (exact) mass is 192 g/mol. The van der Waals surface area contributed by atoms with Crippen molar-refractivity contribution in [3.63, 3.8) is 0 Å². The van der Waals surface area contributed by atoms with Crippen molar-refractivity contribution in [2.75, 3.05) is 19.6 Å². The highest BCUT2D eigenvalue weighted by Gasteiger charge is 2.23. The molecule has 0 spiro atoms. The molecule has 0 aliphatic heterocycles. The fraction of sp³-hybridized carbons (Fsp3) is 1.00. The van der Waals surface area contributed by atoms with Crippen molar-refractivity contribution in [1.82, 2.24) is 4.90 Å². The maximum absolute atomic E-state index is 12.2. The van der Waals surface area contributed by atoms with Gasteiger partial charge in [0.15, 0.2) is 0 Å². The van der Waals surface area contributed by atoms with E-state index in [1.807, 2.05) is 4.90 Å². The van der Waals surface area contributed by atoms with Crippen molar-refractivity contribution in [1.29, 1.82) is 0 Å². The third kappa shape index (κ3) is 3.56. The second-order valence-electron chi connectivity index (χ2n) is 3.61. The average Bonchev–Trinajstić information content (AvgIpc) is 2.54. The number of nitrogens with two attached hydrogens (primary N) is 1. The molecule has 2 N–H and O–H groups in total. The quantitative estimate of drug-likeness (QED) is 0.714. The molecule has 1 aliphatic carbocycles.